The monoisotopic (exact) mass is 304 g/mol. The Kier molecular flexibility index (Phi) is 9.69. The minimum absolute atomic E-state index is 0.0278. The van der Waals surface area contributed by atoms with Gasteiger partial charge in [0, 0.05) is 0 Å². The van der Waals surface area contributed by atoms with E-state index in [2.05, 4.69) is 14.7 Å². The second kappa shape index (κ2) is 11.4. The van der Waals surface area contributed by atoms with Crippen LogP contribution in [0, 0.1) is 0 Å². The van der Waals surface area contributed by atoms with Crippen LogP contribution in [0.25, 0.3) is 0 Å². The molecular formula is C10H21BN4O6. The number of aliphatic hydroxyl groups excluding tert-OH is 2. The first kappa shape index (κ1) is 17.8. The fourth-order valence-corrected chi connectivity index (χ4v) is 1.37. The summed E-state index contributed by atoms with van der Waals surface area (Å²) in [6.45, 7) is 3.32. The molecule has 0 bridgehead atoms. The lowest BCUT2D eigenvalue weighted by Gasteiger charge is -2.19. The number of aliphatic hydroxyl groups is 2. The van der Waals surface area contributed by atoms with Crippen LogP contribution >= 0.6 is 0 Å². The van der Waals surface area contributed by atoms with Crippen molar-refractivity contribution >= 4 is 20.0 Å². The molecule has 0 aromatic rings. The number of ether oxygens (including phenoxy) is 1. The third-order valence-electron chi connectivity index (χ3n) is 2.24. The predicted molar refractivity (Wildman–Crippen MR) is 75.3 cm³/mol. The molecule has 2 aliphatic rings. The highest BCUT2D eigenvalue weighted by molar-refractivity contribution is 6.34. The molecule has 21 heavy (non-hydrogen) atoms. The van der Waals surface area contributed by atoms with Gasteiger partial charge in [-0.25, -0.2) is 0 Å². The molecule has 0 unspecified atom stereocenters. The molecule has 0 aromatic carbocycles. The Hall–Kier alpha value is -1.24. The van der Waals surface area contributed by atoms with Crippen molar-refractivity contribution < 1.29 is 29.5 Å². The molecule has 120 valence electrons. The van der Waals surface area contributed by atoms with Crippen molar-refractivity contribution in [3.63, 3.8) is 0 Å². The van der Waals surface area contributed by atoms with Crippen LogP contribution in [0.5, 0.6) is 0 Å². The molecule has 0 aliphatic carbocycles. The molecule has 0 amide bonds. The van der Waals surface area contributed by atoms with Gasteiger partial charge in [-0.05, 0) is 0 Å². The van der Waals surface area contributed by atoms with Gasteiger partial charge in [0.05, 0.1) is 52.6 Å². The maximum absolute atomic E-state index is 9.32. The normalized spacial score (nSPS) is 16.3. The van der Waals surface area contributed by atoms with Crippen LogP contribution in [-0.4, -0.2) is 98.0 Å². The zero-order chi connectivity index (χ0) is 15.3. The summed E-state index contributed by atoms with van der Waals surface area (Å²) in [5.74, 6) is 0. The van der Waals surface area contributed by atoms with Crippen LogP contribution in [0.15, 0.2) is 9.98 Å². The van der Waals surface area contributed by atoms with Gasteiger partial charge in [0.15, 0.2) is 0 Å². The van der Waals surface area contributed by atoms with Crippen LogP contribution < -0.4 is 0 Å². The molecule has 0 saturated carbocycles. The van der Waals surface area contributed by atoms with Gasteiger partial charge in [-0.2, -0.15) is 0 Å². The van der Waals surface area contributed by atoms with Gasteiger partial charge in [-0.15, -0.1) is 0 Å². The van der Waals surface area contributed by atoms with Gasteiger partial charge in [0.25, 0.3) is 0 Å². The first-order valence-electron chi connectivity index (χ1n) is 6.60. The summed E-state index contributed by atoms with van der Waals surface area (Å²) in [7, 11) is -1.32. The number of hydrogen-bond donors (Lipinski definition) is 3. The van der Waals surface area contributed by atoms with Crippen molar-refractivity contribution in [3.8, 4) is 0 Å². The van der Waals surface area contributed by atoms with E-state index in [1.165, 1.54) is 22.8 Å². The second-order valence-electron chi connectivity index (χ2n) is 3.90. The van der Waals surface area contributed by atoms with Crippen molar-refractivity contribution in [1.82, 2.24) is 10.1 Å². The minimum Gasteiger partial charge on any atom is -0.399 e. The zero-order valence-corrected chi connectivity index (χ0v) is 11.7. The molecule has 2 heterocycles. The third kappa shape index (κ3) is 8.60. The third-order valence-corrected chi connectivity index (χ3v) is 2.24. The number of hydroxylamine groups is 4. The maximum Gasteiger partial charge on any atom is 0.682 e. The van der Waals surface area contributed by atoms with E-state index in [4.69, 9.17) is 19.7 Å². The number of nitrogens with zero attached hydrogens (tertiary/aromatic N) is 4. The molecule has 11 heteroatoms. The van der Waals surface area contributed by atoms with Crippen molar-refractivity contribution in [3.05, 3.63) is 0 Å². The SMILES string of the molecule is OB(ON1C=NCC1)ON1C=NCC1.OCCOCCO. The van der Waals surface area contributed by atoms with E-state index in [0.717, 1.165) is 0 Å². The van der Waals surface area contributed by atoms with Gasteiger partial charge < -0.3 is 20.0 Å². The summed E-state index contributed by atoms with van der Waals surface area (Å²) in [4.78, 5) is 7.84. The van der Waals surface area contributed by atoms with Crippen molar-refractivity contribution in [2.45, 2.75) is 0 Å². The lowest BCUT2D eigenvalue weighted by atomic mass is 10.3. The first-order chi connectivity index (χ1) is 10.3. The maximum atomic E-state index is 9.32. The van der Waals surface area contributed by atoms with Gasteiger partial charge in [0.2, 0.25) is 0 Å². The molecule has 0 radical (unpaired) electrons. The first-order valence-corrected chi connectivity index (χ1v) is 6.60. The summed E-state index contributed by atoms with van der Waals surface area (Å²) in [6.07, 6.45) is 3.04. The highest BCUT2D eigenvalue weighted by atomic mass is 16.8. The summed E-state index contributed by atoms with van der Waals surface area (Å²) in [6, 6.07) is 0. The highest BCUT2D eigenvalue weighted by Gasteiger charge is 2.25. The summed E-state index contributed by atoms with van der Waals surface area (Å²) in [5, 5.41) is 28.3. The quantitative estimate of drug-likeness (QED) is 0.333. The summed E-state index contributed by atoms with van der Waals surface area (Å²) < 4.78 is 14.6. The van der Waals surface area contributed by atoms with E-state index in [1.54, 1.807) is 0 Å². The molecule has 3 N–H and O–H groups in total. The Morgan fingerprint density at radius 1 is 0.952 bits per heavy atom. The Bertz CT molecular complexity index is 294. The van der Waals surface area contributed by atoms with E-state index in [9.17, 15) is 5.02 Å². The lowest BCUT2D eigenvalue weighted by Crippen LogP contribution is -2.38. The standard InChI is InChI=1S/C6H11BN4O3.C4H10O3/c12-7(13-10-3-1-8-5-10)14-11-4-2-9-6-11;5-1-3-7-4-2-6/h5-6,12H,1-4H2;5-6H,1-4H2. The molecule has 0 saturated heterocycles. The minimum atomic E-state index is -1.32. The summed E-state index contributed by atoms with van der Waals surface area (Å²) in [5.41, 5.74) is 0. The highest BCUT2D eigenvalue weighted by Crippen LogP contribution is 2.00. The Morgan fingerprint density at radius 2 is 1.43 bits per heavy atom. The number of aliphatic imine (C=N–C) groups is 2. The molecule has 0 fully saturated rings. The molecular weight excluding hydrogens is 283 g/mol. The van der Waals surface area contributed by atoms with Crippen LogP contribution in [0.1, 0.15) is 0 Å². The van der Waals surface area contributed by atoms with Crippen molar-refractivity contribution in [2.24, 2.45) is 9.98 Å². The van der Waals surface area contributed by atoms with Gasteiger partial charge in [-0.3, -0.25) is 29.6 Å². The van der Waals surface area contributed by atoms with E-state index in [1.807, 2.05) is 0 Å². The fraction of sp³-hybridized carbons (Fsp3) is 0.800. The van der Waals surface area contributed by atoms with Gasteiger partial charge in [-0.1, -0.05) is 0 Å². The molecule has 2 rings (SSSR count). The van der Waals surface area contributed by atoms with E-state index < -0.39 is 7.32 Å². The topological polar surface area (TPSA) is 120 Å². The second-order valence-corrected chi connectivity index (χ2v) is 3.90. The van der Waals surface area contributed by atoms with Crippen LogP contribution in [0.3, 0.4) is 0 Å². The fourth-order valence-electron chi connectivity index (χ4n) is 1.37. The molecule has 0 aromatic heterocycles. The van der Waals surface area contributed by atoms with E-state index >= 15 is 0 Å². The Balaban J connectivity index is 0.000000270. The summed E-state index contributed by atoms with van der Waals surface area (Å²) >= 11 is 0. The number of rotatable bonds is 8. The van der Waals surface area contributed by atoms with Crippen LogP contribution in [-0.2, 0) is 14.2 Å². The molecule has 0 atom stereocenters. The van der Waals surface area contributed by atoms with E-state index in [-0.39, 0.29) is 13.2 Å². The largest absolute Gasteiger partial charge is 0.682 e. The Morgan fingerprint density at radius 3 is 1.76 bits per heavy atom. The van der Waals surface area contributed by atoms with Crippen molar-refractivity contribution in [2.75, 3.05) is 52.6 Å². The smallest absolute Gasteiger partial charge is 0.399 e. The average Bonchev–Trinajstić information content (AvgIpc) is 3.14. The van der Waals surface area contributed by atoms with Gasteiger partial charge in [0.1, 0.15) is 12.7 Å². The van der Waals surface area contributed by atoms with Crippen molar-refractivity contribution in [1.29, 1.82) is 0 Å². The lowest BCUT2D eigenvalue weighted by molar-refractivity contribution is -0.0874. The van der Waals surface area contributed by atoms with E-state index in [0.29, 0.717) is 39.4 Å². The molecule has 2 aliphatic heterocycles. The predicted octanol–water partition coefficient (Wildman–Crippen LogP) is -2.50. The Labute approximate surface area is 123 Å². The van der Waals surface area contributed by atoms with Gasteiger partial charge >= 0.3 is 7.32 Å². The number of hydrogen-bond acceptors (Lipinski definition) is 10. The molecule has 10 nitrogen and oxygen atoms in total. The van der Waals surface area contributed by atoms with Crippen LogP contribution in [0.2, 0.25) is 0 Å². The molecule has 0 spiro atoms. The average molecular weight is 304 g/mol. The zero-order valence-electron chi connectivity index (χ0n) is 11.7. The van der Waals surface area contributed by atoms with Crippen LogP contribution in [0.4, 0.5) is 0 Å².